The van der Waals surface area contributed by atoms with Gasteiger partial charge >= 0.3 is 12.0 Å². The van der Waals surface area contributed by atoms with Crippen molar-refractivity contribution in [2.75, 3.05) is 31.6 Å². The third-order valence-electron chi connectivity index (χ3n) is 4.62. The minimum atomic E-state index is -0.828. The molecule has 2 fully saturated rings. The first-order chi connectivity index (χ1) is 11.1. The predicted octanol–water partition coefficient (Wildman–Crippen LogP) is 2.52. The quantitative estimate of drug-likeness (QED) is 0.897. The molecule has 3 rings (SSSR count). The highest BCUT2D eigenvalue weighted by atomic mass is 16.5. The number of carbonyl (C=O) groups is 2. The highest BCUT2D eigenvalue weighted by Crippen LogP contribution is 2.26. The number of carbonyl (C=O) groups excluding carboxylic acids is 1. The highest BCUT2D eigenvalue weighted by molar-refractivity contribution is 5.89. The molecule has 23 heavy (non-hydrogen) atoms. The lowest BCUT2D eigenvalue weighted by atomic mass is 9.98. The topological polar surface area (TPSA) is 78.9 Å². The number of benzene rings is 1. The van der Waals surface area contributed by atoms with Crippen molar-refractivity contribution >= 4 is 17.7 Å². The van der Waals surface area contributed by atoms with Crippen molar-refractivity contribution in [3.63, 3.8) is 0 Å². The minimum absolute atomic E-state index is 0.229. The molecule has 2 aliphatic heterocycles. The van der Waals surface area contributed by atoms with Gasteiger partial charge in [-0.2, -0.15) is 0 Å². The molecule has 2 unspecified atom stereocenters. The van der Waals surface area contributed by atoms with E-state index in [1.54, 1.807) is 4.90 Å². The second-order valence-corrected chi connectivity index (χ2v) is 6.24. The van der Waals surface area contributed by atoms with Crippen LogP contribution in [0.3, 0.4) is 0 Å². The fourth-order valence-electron chi connectivity index (χ4n) is 3.20. The second kappa shape index (κ2) is 7.00. The van der Waals surface area contributed by atoms with E-state index in [9.17, 15) is 9.59 Å². The molecule has 124 valence electrons. The monoisotopic (exact) mass is 318 g/mol. The van der Waals surface area contributed by atoms with Crippen LogP contribution >= 0.6 is 0 Å². The smallest absolute Gasteiger partial charge is 0.321 e. The second-order valence-electron chi connectivity index (χ2n) is 6.24. The Kier molecular flexibility index (Phi) is 4.81. The Balaban J connectivity index is 1.57. The van der Waals surface area contributed by atoms with Gasteiger partial charge in [0.15, 0.2) is 0 Å². The molecule has 0 aromatic heterocycles. The van der Waals surface area contributed by atoms with Crippen molar-refractivity contribution in [2.45, 2.75) is 25.2 Å². The first-order valence-electron chi connectivity index (χ1n) is 8.10. The Labute approximate surface area is 135 Å². The molecule has 0 spiro atoms. The van der Waals surface area contributed by atoms with Gasteiger partial charge in [-0.1, -0.05) is 12.1 Å². The van der Waals surface area contributed by atoms with E-state index in [-0.39, 0.29) is 12.6 Å². The summed E-state index contributed by atoms with van der Waals surface area (Å²) in [7, 11) is 0. The minimum Gasteiger partial charge on any atom is -0.481 e. The lowest BCUT2D eigenvalue weighted by Crippen LogP contribution is -2.44. The van der Waals surface area contributed by atoms with E-state index in [1.807, 2.05) is 24.3 Å². The Hall–Kier alpha value is -2.08. The van der Waals surface area contributed by atoms with Gasteiger partial charge in [-0.15, -0.1) is 0 Å². The summed E-state index contributed by atoms with van der Waals surface area (Å²) in [5, 5.41) is 11.9. The normalized spacial score (nSPS) is 24.4. The van der Waals surface area contributed by atoms with Crippen LogP contribution < -0.4 is 5.32 Å². The summed E-state index contributed by atoms with van der Waals surface area (Å²) in [6.07, 6.45) is 2.40. The molecular weight excluding hydrogens is 296 g/mol. The van der Waals surface area contributed by atoms with Gasteiger partial charge in [0, 0.05) is 31.3 Å². The SMILES string of the molecule is O=C(O)C1CCCN(C(=O)Nc2ccc(C3CCOC3)cc2)C1. The number of ether oxygens (including phenoxy) is 1. The first kappa shape index (κ1) is 15.8. The zero-order valence-corrected chi connectivity index (χ0v) is 13.0. The number of urea groups is 1. The maximum atomic E-state index is 12.3. The van der Waals surface area contributed by atoms with Crippen molar-refractivity contribution < 1.29 is 19.4 Å². The van der Waals surface area contributed by atoms with E-state index >= 15 is 0 Å². The summed E-state index contributed by atoms with van der Waals surface area (Å²) in [4.78, 5) is 24.9. The average molecular weight is 318 g/mol. The predicted molar refractivity (Wildman–Crippen MR) is 85.6 cm³/mol. The largest absolute Gasteiger partial charge is 0.481 e. The van der Waals surface area contributed by atoms with Gasteiger partial charge in [-0.05, 0) is 37.0 Å². The van der Waals surface area contributed by atoms with Gasteiger partial charge in [0.25, 0.3) is 0 Å². The van der Waals surface area contributed by atoms with Crippen molar-refractivity contribution in [1.29, 1.82) is 0 Å². The summed E-state index contributed by atoms with van der Waals surface area (Å²) < 4.78 is 5.39. The van der Waals surface area contributed by atoms with E-state index in [1.165, 1.54) is 5.56 Å². The van der Waals surface area contributed by atoms with Crippen molar-refractivity contribution in [1.82, 2.24) is 4.90 Å². The Bertz CT molecular complexity index is 566. The van der Waals surface area contributed by atoms with E-state index in [2.05, 4.69) is 5.32 Å². The van der Waals surface area contributed by atoms with Crippen LogP contribution in [0.1, 0.15) is 30.7 Å². The number of hydrogen-bond donors (Lipinski definition) is 2. The van der Waals surface area contributed by atoms with E-state index in [4.69, 9.17) is 9.84 Å². The number of aliphatic carboxylic acids is 1. The number of likely N-dealkylation sites (tertiary alicyclic amines) is 1. The molecule has 2 aliphatic rings. The first-order valence-corrected chi connectivity index (χ1v) is 8.10. The van der Waals surface area contributed by atoms with Gasteiger partial charge in [-0.3, -0.25) is 4.79 Å². The van der Waals surface area contributed by atoms with Crippen LogP contribution in [-0.4, -0.2) is 48.3 Å². The number of carboxylic acid groups (broad SMARTS) is 1. The molecule has 1 aromatic rings. The van der Waals surface area contributed by atoms with Gasteiger partial charge in [0.1, 0.15) is 0 Å². The number of amides is 2. The van der Waals surface area contributed by atoms with Crippen molar-refractivity contribution in [2.24, 2.45) is 5.92 Å². The molecule has 2 saturated heterocycles. The van der Waals surface area contributed by atoms with Gasteiger partial charge in [0.2, 0.25) is 0 Å². The van der Waals surface area contributed by atoms with E-state index < -0.39 is 11.9 Å². The number of rotatable bonds is 3. The molecule has 1 aromatic carbocycles. The third kappa shape index (κ3) is 3.82. The molecule has 0 aliphatic carbocycles. The molecule has 0 saturated carbocycles. The molecule has 0 bridgehead atoms. The van der Waals surface area contributed by atoms with Crippen LogP contribution in [-0.2, 0) is 9.53 Å². The van der Waals surface area contributed by atoms with Crippen LogP contribution in [0, 0.1) is 5.92 Å². The number of nitrogens with zero attached hydrogens (tertiary/aromatic N) is 1. The summed E-state index contributed by atoms with van der Waals surface area (Å²) in [5.41, 5.74) is 1.96. The maximum absolute atomic E-state index is 12.3. The lowest BCUT2D eigenvalue weighted by molar-refractivity contribution is -0.143. The molecular formula is C17H22N2O4. The summed E-state index contributed by atoms with van der Waals surface area (Å²) in [5.74, 6) is -0.844. The lowest BCUT2D eigenvalue weighted by Gasteiger charge is -2.30. The number of piperidine rings is 1. The van der Waals surface area contributed by atoms with Crippen LogP contribution in [0.25, 0.3) is 0 Å². The molecule has 2 N–H and O–H groups in total. The average Bonchev–Trinajstić information content (AvgIpc) is 3.10. The summed E-state index contributed by atoms with van der Waals surface area (Å²) in [6.45, 7) is 2.45. The zero-order valence-electron chi connectivity index (χ0n) is 13.0. The van der Waals surface area contributed by atoms with Gasteiger partial charge < -0.3 is 20.1 Å². The molecule has 6 heteroatoms. The van der Waals surface area contributed by atoms with Gasteiger partial charge in [0.05, 0.1) is 12.5 Å². The molecule has 2 atom stereocenters. The molecule has 2 heterocycles. The maximum Gasteiger partial charge on any atom is 0.321 e. The standard InChI is InChI=1S/C17H22N2O4/c20-16(21)13-2-1-8-19(10-13)17(22)18-15-5-3-12(4-6-15)14-7-9-23-11-14/h3-6,13-14H,1-2,7-11H2,(H,18,22)(H,20,21). The Morgan fingerprint density at radius 2 is 2.00 bits per heavy atom. The fourth-order valence-corrected chi connectivity index (χ4v) is 3.20. The molecule has 2 amide bonds. The van der Waals surface area contributed by atoms with E-state index in [0.29, 0.717) is 18.9 Å². The Morgan fingerprint density at radius 1 is 1.22 bits per heavy atom. The highest BCUT2D eigenvalue weighted by Gasteiger charge is 2.28. The summed E-state index contributed by atoms with van der Waals surface area (Å²) >= 11 is 0. The van der Waals surface area contributed by atoms with Crippen molar-refractivity contribution in [3.8, 4) is 0 Å². The number of anilines is 1. The number of nitrogens with one attached hydrogen (secondary N) is 1. The molecule has 6 nitrogen and oxygen atoms in total. The third-order valence-corrected chi connectivity index (χ3v) is 4.62. The number of carboxylic acids is 1. The van der Waals surface area contributed by atoms with Crippen LogP contribution in [0.4, 0.5) is 10.5 Å². The van der Waals surface area contributed by atoms with Crippen LogP contribution in [0.2, 0.25) is 0 Å². The fraction of sp³-hybridized carbons (Fsp3) is 0.529. The molecule has 0 radical (unpaired) electrons. The van der Waals surface area contributed by atoms with Gasteiger partial charge in [-0.25, -0.2) is 4.79 Å². The van der Waals surface area contributed by atoms with Crippen molar-refractivity contribution in [3.05, 3.63) is 29.8 Å². The number of hydrogen-bond acceptors (Lipinski definition) is 3. The zero-order chi connectivity index (χ0) is 16.2. The van der Waals surface area contributed by atoms with Crippen LogP contribution in [0.15, 0.2) is 24.3 Å². The summed E-state index contributed by atoms with van der Waals surface area (Å²) in [6, 6.07) is 7.60. The Morgan fingerprint density at radius 3 is 2.65 bits per heavy atom. The van der Waals surface area contributed by atoms with E-state index in [0.717, 1.165) is 31.7 Å². The van der Waals surface area contributed by atoms with Crippen LogP contribution in [0.5, 0.6) is 0 Å².